The lowest BCUT2D eigenvalue weighted by Crippen LogP contribution is -2.15. The van der Waals surface area contributed by atoms with E-state index in [-0.39, 0.29) is 5.78 Å². The highest BCUT2D eigenvalue weighted by atomic mass is 16.4. The molecule has 0 aromatic heterocycles. The van der Waals surface area contributed by atoms with Gasteiger partial charge in [-0.25, -0.2) is 0 Å². The van der Waals surface area contributed by atoms with E-state index in [1.54, 1.807) is 6.92 Å². The molecule has 1 aliphatic carbocycles. The Morgan fingerprint density at radius 3 is 2.44 bits per heavy atom. The van der Waals surface area contributed by atoms with Crippen molar-refractivity contribution in [2.75, 3.05) is 0 Å². The number of carbonyl (C=O) groups excluding carboxylic acids is 1. The van der Waals surface area contributed by atoms with Gasteiger partial charge in [-0.05, 0) is 38.7 Å². The van der Waals surface area contributed by atoms with Crippen LogP contribution in [0.4, 0.5) is 0 Å². The van der Waals surface area contributed by atoms with Crippen LogP contribution in [-0.4, -0.2) is 16.7 Å². The van der Waals surface area contributed by atoms with E-state index in [1.165, 1.54) is 5.56 Å². The lowest BCUT2D eigenvalue weighted by atomic mass is 9.84. The van der Waals surface area contributed by atoms with Crippen molar-refractivity contribution in [3.8, 4) is 0 Å². The summed E-state index contributed by atoms with van der Waals surface area (Å²) in [7, 11) is 0. The number of oxime groups is 1. The number of Topliss-reactive ketones (excluding diaryl/α,β-unsaturated/α-hetero) is 1. The minimum Gasteiger partial charge on any atom is -0.411 e. The molecule has 0 fully saturated rings. The van der Waals surface area contributed by atoms with Crippen molar-refractivity contribution in [3.63, 3.8) is 0 Å². The topological polar surface area (TPSA) is 49.7 Å². The molecule has 18 heavy (non-hydrogen) atoms. The zero-order valence-electron chi connectivity index (χ0n) is 10.7. The van der Waals surface area contributed by atoms with E-state index in [0.717, 1.165) is 36.0 Å². The average molecular weight is 243 g/mol. The second-order valence-electron chi connectivity index (χ2n) is 4.68. The molecule has 0 unspecified atom stereocenters. The first-order valence-corrected chi connectivity index (χ1v) is 6.16. The van der Waals surface area contributed by atoms with Crippen LogP contribution in [-0.2, 0) is 4.79 Å². The molecule has 1 aromatic rings. The third-order valence-electron chi connectivity index (χ3n) is 3.32. The fourth-order valence-corrected chi connectivity index (χ4v) is 2.37. The monoisotopic (exact) mass is 243 g/mol. The SMILES string of the molecule is CC(=O)C1=C(c2ccc(C)cc2)/C(=N/O)CCC1. The molecule has 1 aliphatic rings. The van der Waals surface area contributed by atoms with Gasteiger partial charge in [0.25, 0.3) is 0 Å². The van der Waals surface area contributed by atoms with Crippen LogP contribution < -0.4 is 0 Å². The summed E-state index contributed by atoms with van der Waals surface area (Å²) in [5.74, 6) is 0.0615. The Morgan fingerprint density at radius 2 is 1.89 bits per heavy atom. The summed E-state index contributed by atoms with van der Waals surface area (Å²) < 4.78 is 0. The summed E-state index contributed by atoms with van der Waals surface area (Å²) >= 11 is 0. The molecule has 3 nitrogen and oxygen atoms in total. The Balaban J connectivity index is 2.59. The number of hydrogen-bond donors (Lipinski definition) is 1. The molecule has 2 rings (SSSR count). The van der Waals surface area contributed by atoms with E-state index >= 15 is 0 Å². The fraction of sp³-hybridized carbons (Fsp3) is 0.333. The zero-order chi connectivity index (χ0) is 13.1. The second kappa shape index (κ2) is 5.17. The maximum atomic E-state index is 11.7. The Morgan fingerprint density at radius 1 is 1.22 bits per heavy atom. The standard InChI is InChI=1S/C15H17NO2/c1-10-6-8-12(9-7-10)15-13(11(2)17)4-3-5-14(15)16-18/h6-9,18H,3-5H2,1-2H3/b16-14+. The van der Waals surface area contributed by atoms with Crippen LogP contribution in [0.25, 0.3) is 5.57 Å². The molecule has 0 aliphatic heterocycles. The molecule has 0 bridgehead atoms. The van der Waals surface area contributed by atoms with Crippen LogP contribution in [0, 0.1) is 6.92 Å². The quantitative estimate of drug-likeness (QED) is 0.639. The number of ketones is 1. The maximum Gasteiger partial charge on any atom is 0.156 e. The fourth-order valence-electron chi connectivity index (χ4n) is 2.37. The summed E-state index contributed by atoms with van der Waals surface area (Å²) in [6.07, 6.45) is 2.34. The van der Waals surface area contributed by atoms with E-state index in [9.17, 15) is 4.79 Å². The van der Waals surface area contributed by atoms with Gasteiger partial charge in [0.15, 0.2) is 5.78 Å². The van der Waals surface area contributed by atoms with Crippen LogP contribution in [0.5, 0.6) is 0 Å². The number of nitrogens with zero attached hydrogens (tertiary/aromatic N) is 1. The number of aryl methyl sites for hydroxylation is 1. The summed E-state index contributed by atoms with van der Waals surface area (Å²) in [5, 5.41) is 12.5. The Bertz CT molecular complexity index is 524. The number of benzene rings is 1. The Hall–Kier alpha value is -1.90. The molecule has 3 heteroatoms. The summed E-state index contributed by atoms with van der Waals surface area (Å²) in [5.41, 5.74) is 4.34. The van der Waals surface area contributed by atoms with Crippen molar-refractivity contribution in [1.29, 1.82) is 0 Å². The predicted molar refractivity (Wildman–Crippen MR) is 71.9 cm³/mol. The van der Waals surface area contributed by atoms with Crippen molar-refractivity contribution >= 4 is 17.1 Å². The van der Waals surface area contributed by atoms with E-state index in [0.29, 0.717) is 5.71 Å². The molecule has 1 N–H and O–H groups in total. The van der Waals surface area contributed by atoms with Gasteiger partial charge < -0.3 is 5.21 Å². The van der Waals surface area contributed by atoms with Gasteiger partial charge in [0.2, 0.25) is 0 Å². The molecular formula is C15H17NO2. The number of allylic oxidation sites excluding steroid dienone is 2. The number of rotatable bonds is 2. The normalized spacial score (nSPS) is 18.2. The average Bonchev–Trinajstić information content (AvgIpc) is 2.38. The number of hydrogen-bond acceptors (Lipinski definition) is 3. The van der Waals surface area contributed by atoms with Crippen LogP contribution in [0.1, 0.15) is 37.3 Å². The molecule has 0 saturated carbocycles. The van der Waals surface area contributed by atoms with Crippen LogP contribution in [0.2, 0.25) is 0 Å². The Kier molecular flexibility index (Phi) is 3.60. The van der Waals surface area contributed by atoms with Crippen molar-refractivity contribution in [2.24, 2.45) is 5.16 Å². The molecule has 0 amide bonds. The van der Waals surface area contributed by atoms with Crippen LogP contribution in [0.15, 0.2) is 35.0 Å². The van der Waals surface area contributed by atoms with E-state index in [2.05, 4.69) is 5.16 Å². The second-order valence-corrected chi connectivity index (χ2v) is 4.68. The van der Waals surface area contributed by atoms with Gasteiger partial charge in [0, 0.05) is 11.1 Å². The molecule has 0 atom stereocenters. The van der Waals surface area contributed by atoms with Crippen molar-refractivity contribution in [2.45, 2.75) is 33.1 Å². The highest BCUT2D eigenvalue weighted by molar-refractivity contribution is 6.29. The summed E-state index contributed by atoms with van der Waals surface area (Å²) in [6.45, 7) is 3.59. The van der Waals surface area contributed by atoms with Gasteiger partial charge >= 0.3 is 0 Å². The molecule has 0 spiro atoms. The van der Waals surface area contributed by atoms with Gasteiger partial charge in [0.1, 0.15) is 0 Å². The first kappa shape index (κ1) is 12.6. The van der Waals surface area contributed by atoms with Crippen molar-refractivity contribution in [3.05, 3.63) is 41.0 Å². The van der Waals surface area contributed by atoms with E-state index < -0.39 is 0 Å². The van der Waals surface area contributed by atoms with Crippen LogP contribution in [0.3, 0.4) is 0 Å². The first-order chi connectivity index (χ1) is 8.63. The molecule has 0 heterocycles. The van der Waals surface area contributed by atoms with Crippen molar-refractivity contribution in [1.82, 2.24) is 0 Å². The Labute approximate surface area is 107 Å². The smallest absolute Gasteiger partial charge is 0.156 e. The van der Waals surface area contributed by atoms with E-state index in [4.69, 9.17) is 5.21 Å². The highest BCUT2D eigenvalue weighted by Gasteiger charge is 2.23. The highest BCUT2D eigenvalue weighted by Crippen LogP contribution is 2.31. The minimum absolute atomic E-state index is 0.0615. The third kappa shape index (κ3) is 2.35. The van der Waals surface area contributed by atoms with Crippen molar-refractivity contribution < 1.29 is 10.0 Å². The van der Waals surface area contributed by atoms with Gasteiger partial charge in [-0.2, -0.15) is 0 Å². The van der Waals surface area contributed by atoms with Gasteiger partial charge in [0.05, 0.1) is 5.71 Å². The largest absolute Gasteiger partial charge is 0.411 e. The maximum absolute atomic E-state index is 11.7. The first-order valence-electron chi connectivity index (χ1n) is 6.16. The minimum atomic E-state index is 0.0615. The summed E-state index contributed by atoms with van der Waals surface area (Å²) in [4.78, 5) is 11.7. The molecule has 94 valence electrons. The molecule has 0 saturated heterocycles. The molecule has 0 radical (unpaired) electrons. The van der Waals surface area contributed by atoms with E-state index in [1.807, 2.05) is 31.2 Å². The van der Waals surface area contributed by atoms with Gasteiger partial charge in [-0.15, -0.1) is 0 Å². The summed E-state index contributed by atoms with van der Waals surface area (Å²) in [6, 6.07) is 7.96. The third-order valence-corrected chi connectivity index (χ3v) is 3.32. The molecular weight excluding hydrogens is 226 g/mol. The van der Waals surface area contributed by atoms with Gasteiger partial charge in [-0.3, -0.25) is 4.79 Å². The lowest BCUT2D eigenvalue weighted by molar-refractivity contribution is -0.113. The zero-order valence-corrected chi connectivity index (χ0v) is 10.7. The molecule has 1 aromatic carbocycles. The number of carbonyl (C=O) groups is 1. The van der Waals surface area contributed by atoms with Crippen LogP contribution >= 0.6 is 0 Å². The van der Waals surface area contributed by atoms with Gasteiger partial charge in [-0.1, -0.05) is 35.0 Å². The lowest BCUT2D eigenvalue weighted by Gasteiger charge is -2.20. The predicted octanol–water partition coefficient (Wildman–Crippen LogP) is 3.35.